The Morgan fingerprint density at radius 1 is 0.864 bits per heavy atom. The summed E-state index contributed by atoms with van der Waals surface area (Å²) in [5.41, 5.74) is 0. The van der Waals surface area contributed by atoms with E-state index in [1.165, 1.54) is 44.9 Å². The summed E-state index contributed by atoms with van der Waals surface area (Å²) < 4.78 is 6.07. The Morgan fingerprint density at radius 2 is 1.32 bits per heavy atom. The number of likely N-dealkylation sites (N-methyl/N-ethyl adjacent to an activating group) is 1. The second-order valence-corrected chi connectivity index (χ2v) is 6.81. The molecule has 5 heteroatoms. The van der Waals surface area contributed by atoms with Gasteiger partial charge in [-0.2, -0.15) is 0 Å². The lowest BCUT2D eigenvalue weighted by atomic mass is 10.1. The largest absolute Gasteiger partial charge is 1.00 e. The van der Waals surface area contributed by atoms with Gasteiger partial charge in [-0.15, -0.1) is 0 Å². The van der Waals surface area contributed by atoms with Crippen LogP contribution >= 0.6 is 0 Å². The Balaban J connectivity index is -0.00000180. The average molecular weight is 340 g/mol. The lowest BCUT2D eigenvalue weighted by molar-refractivity contribution is -0.870. The van der Waals surface area contributed by atoms with Crippen LogP contribution in [0.2, 0.25) is 0 Å². The Labute approximate surface area is 143 Å². The molecule has 0 aliphatic rings. The molecule has 4 nitrogen and oxygen atoms in total. The second-order valence-electron chi connectivity index (χ2n) is 6.81. The summed E-state index contributed by atoms with van der Waals surface area (Å²) in [6.07, 6.45) is 12.1. The van der Waals surface area contributed by atoms with Gasteiger partial charge in [-0.3, -0.25) is 4.79 Å². The number of carbonyl (C=O) groups is 1. The van der Waals surface area contributed by atoms with Crippen molar-refractivity contribution in [2.75, 3.05) is 34.3 Å². The summed E-state index contributed by atoms with van der Waals surface area (Å²) in [5.74, 6) is -0.0265. The Kier molecular flexibility index (Phi) is 20.6. The van der Waals surface area contributed by atoms with Crippen molar-refractivity contribution in [3.05, 3.63) is 0 Å². The minimum atomic E-state index is -0.0265. The van der Waals surface area contributed by atoms with Crippen LogP contribution in [0.4, 0.5) is 0 Å². The molecule has 0 aliphatic carbocycles. The number of rotatable bonds is 13. The van der Waals surface area contributed by atoms with Crippen LogP contribution in [-0.4, -0.2) is 50.2 Å². The predicted octanol–water partition coefficient (Wildman–Crippen LogP) is 0.336. The van der Waals surface area contributed by atoms with E-state index in [0.29, 0.717) is 13.0 Å². The summed E-state index contributed by atoms with van der Waals surface area (Å²) >= 11 is 0. The van der Waals surface area contributed by atoms with Gasteiger partial charge in [-0.1, -0.05) is 58.3 Å². The SMILES string of the molecule is CCCCCCCCCCCC(=O)OCC[N+](C)(C)C.O.[Cl-]. The first-order chi connectivity index (χ1) is 9.45. The number of esters is 1. The van der Waals surface area contributed by atoms with Gasteiger partial charge in [-0.25, -0.2) is 0 Å². The molecular weight excluding hydrogens is 302 g/mol. The fourth-order valence-electron chi connectivity index (χ4n) is 2.09. The molecule has 0 radical (unpaired) electrons. The second kappa shape index (κ2) is 17.0. The van der Waals surface area contributed by atoms with Gasteiger partial charge < -0.3 is 27.1 Å². The summed E-state index contributed by atoms with van der Waals surface area (Å²) in [6.45, 7) is 3.67. The first-order valence-electron chi connectivity index (χ1n) is 8.42. The summed E-state index contributed by atoms with van der Waals surface area (Å²) in [6, 6.07) is 0. The van der Waals surface area contributed by atoms with E-state index in [1.807, 2.05) is 0 Å². The van der Waals surface area contributed by atoms with Crippen LogP contribution in [0.5, 0.6) is 0 Å². The van der Waals surface area contributed by atoms with Gasteiger partial charge >= 0.3 is 5.97 Å². The van der Waals surface area contributed by atoms with E-state index in [-0.39, 0.29) is 23.9 Å². The molecular formula is C17H38ClNO3. The number of unbranched alkanes of at least 4 members (excludes halogenated alkanes) is 8. The highest BCUT2D eigenvalue weighted by molar-refractivity contribution is 5.69. The highest BCUT2D eigenvalue weighted by atomic mass is 35.5. The molecule has 0 fully saturated rings. The normalized spacial score (nSPS) is 10.5. The van der Waals surface area contributed by atoms with E-state index >= 15 is 0 Å². The number of hydrogen-bond acceptors (Lipinski definition) is 2. The fourth-order valence-corrected chi connectivity index (χ4v) is 2.09. The van der Waals surface area contributed by atoms with Crippen LogP contribution in [0.25, 0.3) is 0 Å². The van der Waals surface area contributed by atoms with Crippen molar-refractivity contribution in [1.82, 2.24) is 0 Å². The third-order valence-corrected chi connectivity index (χ3v) is 3.51. The average Bonchev–Trinajstić information content (AvgIpc) is 2.35. The molecule has 0 aromatic heterocycles. The van der Waals surface area contributed by atoms with E-state index in [1.54, 1.807) is 0 Å². The highest BCUT2D eigenvalue weighted by Crippen LogP contribution is 2.10. The van der Waals surface area contributed by atoms with Gasteiger partial charge in [0.1, 0.15) is 13.2 Å². The topological polar surface area (TPSA) is 57.8 Å². The van der Waals surface area contributed by atoms with Gasteiger partial charge in [0.2, 0.25) is 0 Å². The van der Waals surface area contributed by atoms with Crippen LogP contribution in [0, 0.1) is 0 Å². The van der Waals surface area contributed by atoms with E-state index in [2.05, 4.69) is 28.1 Å². The zero-order chi connectivity index (χ0) is 15.3. The number of carbonyl (C=O) groups excluding carboxylic acids is 1. The van der Waals surface area contributed by atoms with E-state index < -0.39 is 0 Å². The number of ether oxygens (including phenoxy) is 1. The van der Waals surface area contributed by atoms with Crippen molar-refractivity contribution in [2.24, 2.45) is 0 Å². The van der Waals surface area contributed by atoms with E-state index in [0.717, 1.165) is 23.9 Å². The molecule has 0 amide bonds. The number of halogens is 1. The fraction of sp³-hybridized carbons (Fsp3) is 0.941. The quantitative estimate of drug-likeness (QED) is 0.276. The highest BCUT2D eigenvalue weighted by Gasteiger charge is 2.08. The first-order valence-corrected chi connectivity index (χ1v) is 8.42. The monoisotopic (exact) mass is 339 g/mol. The lowest BCUT2D eigenvalue weighted by Gasteiger charge is -2.23. The standard InChI is InChI=1S/C17H36NO2.ClH.H2O/c1-5-6-7-8-9-10-11-12-13-14-17(19)20-16-15-18(2,3)4;;/h5-16H2,1-4H3;1H;1H2/q+1;;/p-1. The van der Waals surface area contributed by atoms with Crippen LogP contribution in [-0.2, 0) is 9.53 Å². The number of hydrogen-bond donors (Lipinski definition) is 0. The first kappa shape index (κ1) is 26.6. The van der Waals surface area contributed by atoms with E-state index in [9.17, 15) is 4.79 Å². The molecule has 0 saturated heterocycles. The van der Waals surface area contributed by atoms with Crippen molar-refractivity contribution in [3.63, 3.8) is 0 Å². The molecule has 0 spiro atoms. The van der Waals surface area contributed by atoms with Crippen LogP contribution in [0.15, 0.2) is 0 Å². The molecule has 0 atom stereocenters. The third-order valence-electron chi connectivity index (χ3n) is 3.51. The van der Waals surface area contributed by atoms with Crippen molar-refractivity contribution in [2.45, 2.75) is 71.1 Å². The minimum absolute atomic E-state index is 0. The van der Waals surface area contributed by atoms with Crippen molar-refractivity contribution >= 4 is 5.97 Å². The minimum Gasteiger partial charge on any atom is -1.00 e. The molecule has 22 heavy (non-hydrogen) atoms. The van der Waals surface area contributed by atoms with Gasteiger partial charge in [0.05, 0.1) is 21.1 Å². The third kappa shape index (κ3) is 22.0. The van der Waals surface area contributed by atoms with Crippen molar-refractivity contribution < 1.29 is 31.9 Å². The molecule has 0 aliphatic heterocycles. The molecule has 0 heterocycles. The molecule has 0 unspecified atom stereocenters. The Morgan fingerprint density at radius 3 is 1.77 bits per heavy atom. The summed E-state index contributed by atoms with van der Waals surface area (Å²) in [4.78, 5) is 11.5. The van der Waals surface area contributed by atoms with Crippen molar-refractivity contribution in [1.29, 1.82) is 0 Å². The Hall–Kier alpha value is -0.320. The van der Waals surface area contributed by atoms with Crippen LogP contribution < -0.4 is 12.4 Å². The van der Waals surface area contributed by atoms with Crippen LogP contribution in [0.1, 0.15) is 71.1 Å². The van der Waals surface area contributed by atoms with Gasteiger partial charge in [-0.05, 0) is 6.42 Å². The maximum atomic E-state index is 11.5. The summed E-state index contributed by atoms with van der Waals surface area (Å²) in [5, 5.41) is 0. The smallest absolute Gasteiger partial charge is 0.305 e. The maximum absolute atomic E-state index is 11.5. The lowest BCUT2D eigenvalue weighted by Crippen LogP contribution is -3.00. The van der Waals surface area contributed by atoms with Gasteiger partial charge in [0.25, 0.3) is 0 Å². The van der Waals surface area contributed by atoms with Gasteiger partial charge in [0.15, 0.2) is 0 Å². The molecule has 0 aromatic carbocycles. The maximum Gasteiger partial charge on any atom is 0.305 e. The zero-order valence-corrected chi connectivity index (χ0v) is 15.9. The predicted molar refractivity (Wildman–Crippen MR) is 89.3 cm³/mol. The number of nitrogens with zero attached hydrogens (tertiary/aromatic N) is 1. The van der Waals surface area contributed by atoms with Crippen molar-refractivity contribution in [3.8, 4) is 0 Å². The molecule has 0 aromatic rings. The van der Waals surface area contributed by atoms with E-state index in [4.69, 9.17) is 4.74 Å². The molecule has 0 rings (SSSR count). The summed E-state index contributed by atoms with van der Waals surface area (Å²) in [7, 11) is 6.32. The number of quaternary nitrogens is 1. The molecule has 0 saturated carbocycles. The van der Waals surface area contributed by atoms with Crippen LogP contribution in [0.3, 0.4) is 0 Å². The van der Waals surface area contributed by atoms with Gasteiger partial charge in [0, 0.05) is 6.42 Å². The zero-order valence-electron chi connectivity index (χ0n) is 15.1. The molecule has 2 N–H and O–H groups in total. The molecule has 136 valence electrons. The Bertz CT molecular complexity index is 243. The molecule has 0 bridgehead atoms.